The van der Waals surface area contributed by atoms with E-state index in [9.17, 15) is 0 Å². The maximum absolute atomic E-state index is 8.80. The van der Waals surface area contributed by atoms with Crippen LogP contribution in [0.1, 0.15) is 0 Å². The van der Waals surface area contributed by atoms with E-state index in [1.165, 1.54) is 0 Å². The summed E-state index contributed by atoms with van der Waals surface area (Å²) in [7, 11) is 0. The molecule has 0 spiro atoms. The summed E-state index contributed by atoms with van der Waals surface area (Å²) in [5.41, 5.74) is 0. The molecule has 0 amide bonds. The molecule has 0 aliphatic heterocycles. The van der Waals surface area contributed by atoms with Crippen molar-refractivity contribution >= 4 is 0 Å². The number of aliphatic hydroxyl groups excluding tert-OH is 4. The van der Waals surface area contributed by atoms with Gasteiger partial charge in [-0.25, -0.2) is 0 Å². The summed E-state index contributed by atoms with van der Waals surface area (Å²) in [5, 5.41) is 33.8. The molecule has 0 bridgehead atoms. The molecule has 5 nitrogen and oxygen atoms in total. The molecule has 62 valence electrons. The Morgan fingerprint density at radius 1 is 1.10 bits per heavy atom. The number of rotatable bonds is 5. The van der Waals surface area contributed by atoms with Crippen LogP contribution in [0, 0.1) is 0 Å². The number of aliphatic hydroxyl groups is 4. The molecule has 10 heavy (non-hydrogen) atoms. The molecule has 4 N–H and O–H groups in total. The first-order valence-corrected chi connectivity index (χ1v) is 2.88. The third-order valence-corrected chi connectivity index (χ3v) is 1.08. The van der Waals surface area contributed by atoms with Crippen molar-refractivity contribution < 1.29 is 25.2 Å². The number of hydrogen-bond acceptors (Lipinski definition) is 5. The zero-order valence-electron chi connectivity index (χ0n) is 5.47. The summed E-state index contributed by atoms with van der Waals surface area (Å²) in [6, 6.07) is 0. The van der Waals surface area contributed by atoms with E-state index in [0.717, 1.165) is 0 Å². The molecule has 0 aromatic rings. The van der Waals surface area contributed by atoms with Gasteiger partial charge in [-0.1, -0.05) is 0 Å². The van der Waals surface area contributed by atoms with Gasteiger partial charge in [0.25, 0.3) is 0 Å². The van der Waals surface area contributed by atoms with Gasteiger partial charge in [0.1, 0.15) is 19.0 Å². The Morgan fingerprint density at radius 2 is 1.70 bits per heavy atom. The Labute approximate surface area is 58.5 Å². The maximum atomic E-state index is 8.80. The highest BCUT2D eigenvalue weighted by molar-refractivity contribution is 4.65. The van der Waals surface area contributed by atoms with Crippen molar-refractivity contribution in [2.24, 2.45) is 0 Å². The molecule has 0 aromatic heterocycles. The van der Waals surface area contributed by atoms with Crippen molar-refractivity contribution in [1.82, 2.24) is 0 Å². The second-order valence-corrected chi connectivity index (χ2v) is 1.77. The lowest BCUT2D eigenvalue weighted by Crippen LogP contribution is -2.35. The molecular weight excluding hydrogens is 140 g/mol. The number of hydrogen-bond donors (Lipinski definition) is 4. The minimum atomic E-state index is -1.14. The Bertz CT molecular complexity index is 76.4. The van der Waals surface area contributed by atoms with Gasteiger partial charge in [0.15, 0.2) is 0 Å². The van der Waals surface area contributed by atoms with Crippen molar-refractivity contribution in [2.75, 3.05) is 20.0 Å². The standard InChI is InChI=1S/C5H12O5/c6-1-4(9)5(2-7)10-3-8/h4-9H,1-3H2/t4-,5-/m1/s1. The van der Waals surface area contributed by atoms with Crippen LogP contribution in [0.5, 0.6) is 0 Å². The van der Waals surface area contributed by atoms with E-state index in [0.29, 0.717) is 0 Å². The molecule has 0 saturated heterocycles. The Kier molecular flexibility index (Phi) is 5.46. The zero-order chi connectivity index (χ0) is 7.98. The first kappa shape index (κ1) is 9.80. The van der Waals surface area contributed by atoms with Crippen LogP contribution in [-0.4, -0.2) is 52.6 Å². The van der Waals surface area contributed by atoms with E-state index in [1.807, 2.05) is 0 Å². The maximum Gasteiger partial charge on any atom is 0.144 e. The van der Waals surface area contributed by atoms with Crippen molar-refractivity contribution in [1.29, 1.82) is 0 Å². The van der Waals surface area contributed by atoms with Gasteiger partial charge in [0, 0.05) is 0 Å². The van der Waals surface area contributed by atoms with Gasteiger partial charge in [-0.15, -0.1) is 0 Å². The van der Waals surface area contributed by atoms with Gasteiger partial charge in [0.2, 0.25) is 0 Å². The second kappa shape index (κ2) is 5.57. The fourth-order valence-corrected chi connectivity index (χ4v) is 0.499. The molecule has 0 heterocycles. The van der Waals surface area contributed by atoms with Gasteiger partial charge in [0.05, 0.1) is 13.2 Å². The predicted molar refractivity (Wildman–Crippen MR) is 32.1 cm³/mol. The van der Waals surface area contributed by atoms with E-state index in [-0.39, 0.29) is 0 Å². The monoisotopic (exact) mass is 152 g/mol. The summed E-state index contributed by atoms with van der Waals surface area (Å²) in [6.07, 6.45) is -2.05. The van der Waals surface area contributed by atoms with Crippen LogP contribution in [0.4, 0.5) is 0 Å². The summed E-state index contributed by atoms with van der Waals surface area (Å²) >= 11 is 0. The quantitative estimate of drug-likeness (QED) is 0.332. The summed E-state index contributed by atoms with van der Waals surface area (Å²) < 4.78 is 4.44. The first-order valence-electron chi connectivity index (χ1n) is 2.88. The first-order chi connectivity index (χ1) is 4.76. The fourth-order valence-electron chi connectivity index (χ4n) is 0.499. The highest BCUT2D eigenvalue weighted by atomic mass is 16.6. The minimum Gasteiger partial charge on any atom is -0.394 e. The lowest BCUT2D eigenvalue weighted by molar-refractivity contribution is -0.124. The SMILES string of the molecule is OCO[C@H](CO)[C@H](O)CO. The van der Waals surface area contributed by atoms with Crippen LogP contribution in [-0.2, 0) is 4.74 Å². The molecule has 0 unspecified atom stereocenters. The van der Waals surface area contributed by atoms with E-state index < -0.39 is 32.2 Å². The van der Waals surface area contributed by atoms with Crippen LogP contribution in [0.3, 0.4) is 0 Å². The van der Waals surface area contributed by atoms with E-state index in [4.69, 9.17) is 20.4 Å². The van der Waals surface area contributed by atoms with Crippen LogP contribution >= 0.6 is 0 Å². The minimum absolute atomic E-state index is 0.428. The normalized spacial score (nSPS) is 16.8. The predicted octanol–water partition coefficient (Wildman–Crippen LogP) is -2.33. The molecule has 0 radical (unpaired) electrons. The Balaban J connectivity index is 3.56. The molecule has 2 atom stereocenters. The van der Waals surface area contributed by atoms with Crippen molar-refractivity contribution in [3.05, 3.63) is 0 Å². The van der Waals surface area contributed by atoms with E-state index in [2.05, 4.69) is 4.74 Å². The highest BCUT2D eigenvalue weighted by Crippen LogP contribution is 1.96. The van der Waals surface area contributed by atoms with Gasteiger partial charge in [-0.3, -0.25) is 0 Å². The van der Waals surface area contributed by atoms with Crippen LogP contribution < -0.4 is 0 Å². The van der Waals surface area contributed by atoms with Gasteiger partial charge < -0.3 is 25.2 Å². The summed E-state index contributed by atoms with van der Waals surface area (Å²) in [5.74, 6) is 0. The van der Waals surface area contributed by atoms with Crippen LogP contribution in [0.2, 0.25) is 0 Å². The molecule has 0 rings (SSSR count). The smallest absolute Gasteiger partial charge is 0.144 e. The molecule has 0 aliphatic carbocycles. The Hall–Kier alpha value is -0.200. The fraction of sp³-hybridized carbons (Fsp3) is 1.00. The average molecular weight is 152 g/mol. The molecule has 0 saturated carbocycles. The van der Waals surface area contributed by atoms with Crippen molar-refractivity contribution in [2.45, 2.75) is 12.2 Å². The zero-order valence-corrected chi connectivity index (χ0v) is 5.47. The summed E-state index contributed by atoms with van der Waals surface area (Å²) in [6.45, 7) is -1.50. The molecule has 0 aliphatic rings. The molecule has 0 fully saturated rings. The number of ether oxygens (including phenoxy) is 1. The third kappa shape index (κ3) is 3.09. The average Bonchev–Trinajstić information content (AvgIpc) is 1.99. The van der Waals surface area contributed by atoms with Crippen LogP contribution in [0.25, 0.3) is 0 Å². The topological polar surface area (TPSA) is 90.2 Å². The molecule has 0 aromatic carbocycles. The third-order valence-electron chi connectivity index (χ3n) is 1.08. The molecule has 5 heteroatoms. The molecular formula is C5H12O5. The van der Waals surface area contributed by atoms with Crippen molar-refractivity contribution in [3.63, 3.8) is 0 Å². The van der Waals surface area contributed by atoms with Gasteiger partial charge in [-0.05, 0) is 0 Å². The lowest BCUT2D eigenvalue weighted by Gasteiger charge is -2.17. The highest BCUT2D eigenvalue weighted by Gasteiger charge is 2.17. The largest absolute Gasteiger partial charge is 0.394 e. The second-order valence-electron chi connectivity index (χ2n) is 1.77. The summed E-state index contributed by atoms with van der Waals surface area (Å²) in [4.78, 5) is 0. The lowest BCUT2D eigenvalue weighted by atomic mass is 10.2. The van der Waals surface area contributed by atoms with Crippen molar-refractivity contribution in [3.8, 4) is 0 Å². The van der Waals surface area contributed by atoms with Gasteiger partial charge in [-0.2, -0.15) is 0 Å². The van der Waals surface area contributed by atoms with Crippen LogP contribution in [0.15, 0.2) is 0 Å². The van der Waals surface area contributed by atoms with E-state index in [1.54, 1.807) is 0 Å². The van der Waals surface area contributed by atoms with E-state index >= 15 is 0 Å². The Morgan fingerprint density at radius 3 is 2.00 bits per heavy atom. The van der Waals surface area contributed by atoms with Gasteiger partial charge >= 0.3 is 0 Å².